The van der Waals surface area contributed by atoms with Gasteiger partial charge in [-0.2, -0.15) is 0 Å². The number of carbonyl (C=O) groups is 2. The second-order valence-corrected chi connectivity index (χ2v) is 5.66. The third-order valence-electron chi connectivity index (χ3n) is 3.05. The number of carbonyl (C=O) groups excluding carboxylic acids is 2. The fourth-order valence-electron chi connectivity index (χ4n) is 1.95. The van der Waals surface area contributed by atoms with Crippen molar-refractivity contribution >= 4 is 23.6 Å². The summed E-state index contributed by atoms with van der Waals surface area (Å²) >= 11 is 1.64. The average Bonchev–Trinajstić information content (AvgIpc) is 2.92. The molecule has 2 N–H and O–H groups in total. The van der Waals surface area contributed by atoms with E-state index in [9.17, 15) is 9.59 Å². The second kappa shape index (κ2) is 10.0. The van der Waals surface area contributed by atoms with Crippen LogP contribution in [0.15, 0.2) is 0 Å². The molecule has 1 fully saturated rings. The molecule has 0 aliphatic carbocycles. The van der Waals surface area contributed by atoms with Crippen LogP contribution in [0.2, 0.25) is 0 Å². The lowest BCUT2D eigenvalue weighted by atomic mass is 10.2. The number of ether oxygens (including phenoxy) is 1. The highest BCUT2D eigenvalue weighted by Gasteiger charge is 2.33. The van der Waals surface area contributed by atoms with E-state index in [-0.39, 0.29) is 17.9 Å². The zero-order valence-corrected chi connectivity index (χ0v) is 13.1. The molecular formula is C13H25N3O3S. The molecule has 7 heteroatoms. The summed E-state index contributed by atoms with van der Waals surface area (Å²) < 4.78 is 4.92. The van der Waals surface area contributed by atoms with Crippen molar-refractivity contribution in [1.82, 2.24) is 15.5 Å². The van der Waals surface area contributed by atoms with Crippen LogP contribution in [0.3, 0.4) is 0 Å². The molecule has 1 rings (SSSR count). The van der Waals surface area contributed by atoms with Crippen molar-refractivity contribution in [3.05, 3.63) is 0 Å². The number of rotatable bonds is 9. The first-order valence-corrected chi connectivity index (χ1v) is 8.20. The topological polar surface area (TPSA) is 70.7 Å². The molecule has 0 aromatic rings. The van der Waals surface area contributed by atoms with Crippen LogP contribution < -0.4 is 10.6 Å². The summed E-state index contributed by atoms with van der Waals surface area (Å²) in [6.07, 6.45) is 1.33. The Morgan fingerprint density at radius 3 is 2.85 bits per heavy atom. The minimum atomic E-state index is -0.307. The Balaban J connectivity index is 2.25. The van der Waals surface area contributed by atoms with E-state index in [0.29, 0.717) is 37.7 Å². The van der Waals surface area contributed by atoms with Crippen molar-refractivity contribution in [2.45, 2.75) is 25.8 Å². The van der Waals surface area contributed by atoms with Crippen molar-refractivity contribution in [3.8, 4) is 0 Å². The molecule has 1 saturated heterocycles. The normalized spacial score (nSPS) is 18.3. The van der Waals surface area contributed by atoms with Gasteiger partial charge in [-0.1, -0.05) is 6.92 Å². The first-order valence-electron chi connectivity index (χ1n) is 7.05. The summed E-state index contributed by atoms with van der Waals surface area (Å²) in [6.45, 7) is 4.68. The summed E-state index contributed by atoms with van der Waals surface area (Å²) in [4.78, 5) is 25.7. The molecule has 2 amide bonds. The SMILES string of the molecule is CCCC(=O)N1CSCC1C(=O)NCCNCCOC. The first-order chi connectivity index (χ1) is 9.70. The maximum absolute atomic E-state index is 12.1. The minimum absolute atomic E-state index is 0.0482. The Morgan fingerprint density at radius 2 is 2.15 bits per heavy atom. The van der Waals surface area contributed by atoms with Gasteiger partial charge >= 0.3 is 0 Å². The second-order valence-electron chi connectivity index (χ2n) is 4.66. The van der Waals surface area contributed by atoms with Gasteiger partial charge in [-0.25, -0.2) is 0 Å². The summed E-state index contributed by atoms with van der Waals surface area (Å²) in [6, 6.07) is -0.307. The lowest BCUT2D eigenvalue weighted by Gasteiger charge is -2.23. The van der Waals surface area contributed by atoms with Gasteiger partial charge in [-0.3, -0.25) is 9.59 Å². The number of thioether (sulfide) groups is 1. The van der Waals surface area contributed by atoms with E-state index in [1.54, 1.807) is 23.8 Å². The van der Waals surface area contributed by atoms with Gasteiger partial charge in [0, 0.05) is 38.9 Å². The van der Waals surface area contributed by atoms with Crippen LogP contribution in [0.5, 0.6) is 0 Å². The average molecular weight is 303 g/mol. The zero-order chi connectivity index (χ0) is 14.8. The van der Waals surface area contributed by atoms with Crippen LogP contribution in [0, 0.1) is 0 Å². The Morgan fingerprint density at radius 1 is 1.35 bits per heavy atom. The van der Waals surface area contributed by atoms with E-state index in [1.807, 2.05) is 6.92 Å². The monoisotopic (exact) mass is 303 g/mol. The minimum Gasteiger partial charge on any atom is -0.383 e. The Kier molecular flexibility index (Phi) is 8.64. The van der Waals surface area contributed by atoms with E-state index in [4.69, 9.17) is 4.74 Å². The maximum Gasteiger partial charge on any atom is 0.243 e. The van der Waals surface area contributed by atoms with Crippen molar-refractivity contribution in [2.75, 3.05) is 45.0 Å². The predicted octanol–water partition coefficient (Wildman–Crippen LogP) is 0.0402. The highest BCUT2D eigenvalue weighted by molar-refractivity contribution is 7.99. The van der Waals surface area contributed by atoms with Gasteiger partial charge in [0.1, 0.15) is 6.04 Å². The maximum atomic E-state index is 12.1. The third kappa shape index (κ3) is 5.68. The summed E-state index contributed by atoms with van der Waals surface area (Å²) in [5.41, 5.74) is 0. The van der Waals surface area contributed by atoms with E-state index < -0.39 is 0 Å². The molecule has 1 atom stereocenters. The number of nitrogens with zero attached hydrogens (tertiary/aromatic N) is 1. The van der Waals surface area contributed by atoms with Gasteiger partial charge in [0.25, 0.3) is 0 Å². The zero-order valence-electron chi connectivity index (χ0n) is 12.3. The van der Waals surface area contributed by atoms with Crippen LogP contribution in [-0.2, 0) is 14.3 Å². The number of methoxy groups -OCH3 is 1. The Hall–Kier alpha value is -0.790. The fraction of sp³-hybridized carbons (Fsp3) is 0.846. The third-order valence-corrected chi connectivity index (χ3v) is 4.07. The predicted molar refractivity (Wildman–Crippen MR) is 80.6 cm³/mol. The summed E-state index contributed by atoms with van der Waals surface area (Å²) in [5.74, 6) is 1.35. The van der Waals surface area contributed by atoms with Gasteiger partial charge in [0.05, 0.1) is 12.5 Å². The molecule has 116 valence electrons. The van der Waals surface area contributed by atoms with Crippen LogP contribution in [0.1, 0.15) is 19.8 Å². The molecule has 1 aliphatic rings. The van der Waals surface area contributed by atoms with Crippen molar-refractivity contribution < 1.29 is 14.3 Å². The number of nitrogens with one attached hydrogen (secondary N) is 2. The molecule has 0 aromatic carbocycles. The molecular weight excluding hydrogens is 278 g/mol. The standard InChI is InChI=1S/C13H25N3O3S/c1-3-4-12(17)16-10-20-9-11(16)13(18)15-6-5-14-7-8-19-2/h11,14H,3-10H2,1-2H3,(H,15,18). The number of hydrogen-bond acceptors (Lipinski definition) is 5. The molecule has 20 heavy (non-hydrogen) atoms. The number of amides is 2. The fourth-order valence-corrected chi connectivity index (χ4v) is 3.13. The molecule has 1 aliphatic heterocycles. The summed E-state index contributed by atoms with van der Waals surface area (Å²) in [7, 11) is 1.66. The van der Waals surface area contributed by atoms with Crippen LogP contribution in [-0.4, -0.2) is 67.7 Å². The molecule has 0 radical (unpaired) electrons. The van der Waals surface area contributed by atoms with E-state index in [1.165, 1.54) is 0 Å². The van der Waals surface area contributed by atoms with E-state index >= 15 is 0 Å². The summed E-state index contributed by atoms with van der Waals surface area (Å²) in [5, 5.41) is 6.04. The van der Waals surface area contributed by atoms with Crippen molar-refractivity contribution in [1.29, 1.82) is 0 Å². The van der Waals surface area contributed by atoms with Gasteiger partial charge in [-0.15, -0.1) is 11.8 Å². The van der Waals surface area contributed by atoms with Gasteiger partial charge in [0.2, 0.25) is 11.8 Å². The highest BCUT2D eigenvalue weighted by atomic mass is 32.2. The van der Waals surface area contributed by atoms with Crippen LogP contribution in [0.4, 0.5) is 0 Å². The lowest BCUT2D eigenvalue weighted by Crippen LogP contribution is -2.48. The van der Waals surface area contributed by atoms with E-state index in [2.05, 4.69) is 10.6 Å². The Labute approximate surface area is 125 Å². The van der Waals surface area contributed by atoms with Gasteiger partial charge < -0.3 is 20.3 Å². The molecule has 0 aromatic heterocycles. The van der Waals surface area contributed by atoms with E-state index in [0.717, 1.165) is 13.0 Å². The Bertz CT molecular complexity index is 315. The molecule has 0 saturated carbocycles. The lowest BCUT2D eigenvalue weighted by molar-refractivity contribution is -0.138. The molecule has 6 nitrogen and oxygen atoms in total. The number of hydrogen-bond donors (Lipinski definition) is 2. The van der Waals surface area contributed by atoms with Gasteiger partial charge in [-0.05, 0) is 6.42 Å². The highest BCUT2D eigenvalue weighted by Crippen LogP contribution is 2.22. The quantitative estimate of drug-likeness (QED) is 0.589. The van der Waals surface area contributed by atoms with Crippen molar-refractivity contribution in [3.63, 3.8) is 0 Å². The molecule has 0 bridgehead atoms. The molecule has 1 heterocycles. The van der Waals surface area contributed by atoms with Crippen molar-refractivity contribution in [2.24, 2.45) is 0 Å². The first kappa shape index (κ1) is 17.3. The van der Waals surface area contributed by atoms with Crippen LogP contribution in [0.25, 0.3) is 0 Å². The van der Waals surface area contributed by atoms with Gasteiger partial charge in [0.15, 0.2) is 0 Å². The molecule has 1 unspecified atom stereocenters. The largest absolute Gasteiger partial charge is 0.383 e. The van der Waals surface area contributed by atoms with Crippen LogP contribution >= 0.6 is 11.8 Å². The molecule has 0 spiro atoms. The smallest absolute Gasteiger partial charge is 0.243 e.